The van der Waals surface area contributed by atoms with Gasteiger partial charge in [0.25, 0.3) is 0 Å². The van der Waals surface area contributed by atoms with Crippen molar-refractivity contribution in [1.82, 2.24) is 10.2 Å². The van der Waals surface area contributed by atoms with Crippen molar-refractivity contribution in [2.75, 3.05) is 32.8 Å². The van der Waals surface area contributed by atoms with Crippen LogP contribution in [0.3, 0.4) is 0 Å². The van der Waals surface area contributed by atoms with E-state index in [9.17, 15) is 9.59 Å². The Kier molecular flexibility index (Phi) is 7.77. The van der Waals surface area contributed by atoms with E-state index in [-0.39, 0.29) is 23.7 Å². The van der Waals surface area contributed by atoms with Crippen LogP contribution in [0.15, 0.2) is 0 Å². The van der Waals surface area contributed by atoms with E-state index in [1.165, 1.54) is 6.92 Å². The Labute approximate surface area is 122 Å². The summed E-state index contributed by atoms with van der Waals surface area (Å²) < 4.78 is 5.30. The first-order chi connectivity index (χ1) is 9.54. The van der Waals surface area contributed by atoms with Gasteiger partial charge in [-0.05, 0) is 18.9 Å². The minimum Gasteiger partial charge on any atom is -0.379 e. The Hall–Kier alpha value is -0.940. The van der Waals surface area contributed by atoms with Crippen molar-refractivity contribution in [2.45, 2.75) is 46.1 Å². The molecule has 0 radical (unpaired) electrons. The largest absolute Gasteiger partial charge is 0.379 e. The Balaban J connectivity index is 2.34. The molecule has 0 aromatic heterocycles. The molecule has 0 aromatic rings. The third-order valence-electron chi connectivity index (χ3n) is 3.92. The topological polar surface area (TPSA) is 58.6 Å². The predicted octanol–water partition coefficient (Wildman–Crippen LogP) is 1.22. The quantitative estimate of drug-likeness (QED) is 0.728. The molecule has 0 aromatic carbocycles. The summed E-state index contributed by atoms with van der Waals surface area (Å²) in [5.74, 6) is 0.217. The molecule has 0 saturated carbocycles. The zero-order valence-corrected chi connectivity index (χ0v) is 13.0. The lowest BCUT2D eigenvalue weighted by Gasteiger charge is -2.27. The highest BCUT2D eigenvalue weighted by molar-refractivity contribution is 5.88. The molecule has 1 heterocycles. The van der Waals surface area contributed by atoms with E-state index in [2.05, 4.69) is 10.2 Å². The fraction of sp³-hybridized carbons (Fsp3) is 0.867. The van der Waals surface area contributed by atoms with E-state index in [0.717, 1.165) is 45.7 Å². The van der Waals surface area contributed by atoms with Crippen LogP contribution >= 0.6 is 0 Å². The summed E-state index contributed by atoms with van der Waals surface area (Å²) in [5.41, 5.74) is 0. The average Bonchev–Trinajstić information content (AvgIpc) is 2.44. The molecule has 0 aliphatic carbocycles. The fourth-order valence-corrected chi connectivity index (χ4v) is 2.45. The number of hydrogen-bond acceptors (Lipinski definition) is 4. The summed E-state index contributed by atoms with van der Waals surface area (Å²) >= 11 is 0. The summed E-state index contributed by atoms with van der Waals surface area (Å²) in [4.78, 5) is 25.8. The van der Waals surface area contributed by atoms with Crippen LogP contribution in [-0.2, 0) is 14.3 Å². The van der Waals surface area contributed by atoms with Gasteiger partial charge in [0.05, 0.1) is 19.3 Å². The number of hydrogen-bond donors (Lipinski definition) is 1. The van der Waals surface area contributed by atoms with E-state index in [4.69, 9.17) is 4.74 Å². The van der Waals surface area contributed by atoms with Gasteiger partial charge in [0, 0.05) is 26.4 Å². The van der Waals surface area contributed by atoms with Crippen LogP contribution in [0.2, 0.25) is 0 Å². The van der Waals surface area contributed by atoms with Crippen LogP contribution in [0.25, 0.3) is 0 Å². The van der Waals surface area contributed by atoms with Gasteiger partial charge in [-0.3, -0.25) is 14.5 Å². The molecule has 1 fully saturated rings. The van der Waals surface area contributed by atoms with Gasteiger partial charge in [-0.1, -0.05) is 20.3 Å². The molecular formula is C15H28N2O3. The molecule has 20 heavy (non-hydrogen) atoms. The van der Waals surface area contributed by atoms with Gasteiger partial charge in [-0.15, -0.1) is 0 Å². The van der Waals surface area contributed by atoms with Crippen molar-refractivity contribution in [1.29, 1.82) is 0 Å². The first-order valence-corrected chi connectivity index (χ1v) is 7.64. The highest BCUT2D eigenvalue weighted by atomic mass is 16.5. The number of carbonyl (C=O) groups excluding carboxylic acids is 2. The normalized spacial score (nSPS) is 19.4. The standard InChI is InChI=1S/C15H28N2O3/c1-4-12(2)15(16-13(3)18)14(19)6-5-7-17-8-10-20-11-9-17/h12,15H,4-11H2,1-3H3,(H,16,18). The maximum Gasteiger partial charge on any atom is 0.217 e. The Morgan fingerprint density at radius 2 is 1.95 bits per heavy atom. The van der Waals surface area contributed by atoms with Crippen LogP contribution in [0.5, 0.6) is 0 Å². The molecule has 116 valence electrons. The van der Waals surface area contributed by atoms with Gasteiger partial charge in [0.15, 0.2) is 5.78 Å². The SMILES string of the molecule is CCC(C)C(NC(C)=O)C(=O)CCCN1CCOCC1. The fourth-order valence-electron chi connectivity index (χ4n) is 2.45. The van der Waals surface area contributed by atoms with Crippen molar-refractivity contribution >= 4 is 11.7 Å². The summed E-state index contributed by atoms with van der Waals surface area (Å²) in [7, 11) is 0. The van der Waals surface area contributed by atoms with E-state index < -0.39 is 0 Å². The van der Waals surface area contributed by atoms with E-state index in [0.29, 0.717) is 6.42 Å². The zero-order valence-electron chi connectivity index (χ0n) is 13.0. The lowest BCUT2D eigenvalue weighted by Crippen LogP contribution is -2.44. The molecule has 1 aliphatic rings. The minimum absolute atomic E-state index is 0.128. The van der Waals surface area contributed by atoms with Crippen molar-refractivity contribution in [3.8, 4) is 0 Å². The molecule has 0 spiro atoms. The van der Waals surface area contributed by atoms with E-state index in [1.807, 2.05) is 13.8 Å². The molecule has 0 bridgehead atoms. The highest BCUT2D eigenvalue weighted by Gasteiger charge is 2.24. The minimum atomic E-state index is -0.331. The Bertz CT molecular complexity index is 314. The van der Waals surface area contributed by atoms with Crippen LogP contribution < -0.4 is 5.32 Å². The van der Waals surface area contributed by atoms with Crippen molar-refractivity contribution in [3.63, 3.8) is 0 Å². The predicted molar refractivity (Wildman–Crippen MR) is 78.6 cm³/mol. The molecular weight excluding hydrogens is 256 g/mol. The number of ketones is 1. The first kappa shape index (κ1) is 17.1. The molecule has 5 nitrogen and oxygen atoms in total. The maximum absolute atomic E-state index is 12.3. The van der Waals surface area contributed by atoms with Crippen LogP contribution in [0, 0.1) is 5.92 Å². The number of amides is 1. The van der Waals surface area contributed by atoms with Crippen LogP contribution in [-0.4, -0.2) is 55.5 Å². The first-order valence-electron chi connectivity index (χ1n) is 7.64. The van der Waals surface area contributed by atoms with Gasteiger partial charge in [-0.2, -0.15) is 0 Å². The third-order valence-corrected chi connectivity index (χ3v) is 3.92. The van der Waals surface area contributed by atoms with Gasteiger partial charge in [-0.25, -0.2) is 0 Å². The van der Waals surface area contributed by atoms with Gasteiger partial charge in [0.2, 0.25) is 5.91 Å². The number of rotatable bonds is 8. The molecule has 1 N–H and O–H groups in total. The van der Waals surface area contributed by atoms with E-state index in [1.54, 1.807) is 0 Å². The summed E-state index contributed by atoms with van der Waals surface area (Å²) in [6.45, 7) is 9.94. The lowest BCUT2D eigenvalue weighted by atomic mass is 9.93. The van der Waals surface area contributed by atoms with Crippen molar-refractivity contribution in [3.05, 3.63) is 0 Å². The maximum atomic E-state index is 12.3. The second-order valence-corrected chi connectivity index (χ2v) is 5.59. The number of nitrogens with zero attached hydrogens (tertiary/aromatic N) is 1. The molecule has 1 aliphatic heterocycles. The molecule has 2 atom stereocenters. The van der Waals surface area contributed by atoms with Gasteiger partial charge < -0.3 is 10.1 Å². The Morgan fingerprint density at radius 3 is 2.50 bits per heavy atom. The summed E-state index contributed by atoms with van der Waals surface area (Å²) in [6.07, 6.45) is 2.28. The highest BCUT2D eigenvalue weighted by Crippen LogP contribution is 2.12. The summed E-state index contributed by atoms with van der Waals surface area (Å²) in [6, 6.07) is -0.331. The molecule has 1 rings (SSSR count). The van der Waals surface area contributed by atoms with Gasteiger partial charge >= 0.3 is 0 Å². The van der Waals surface area contributed by atoms with E-state index >= 15 is 0 Å². The number of morpholine rings is 1. The molecule has 1 amide bonds. The molecule has 1 saturated heterocycles. The molecule has 2 unspecified atom stereocenters. The molecule has 5 heteroatoms. The lowest BCUT2D eigenvalue weighted by molar-refractivity contribution is -0.128. The number of nitrogens with one attached hydrogen (secondary N) is 1. The van der Waals surface area contributed by atoms with Crippen molar-refractivity contribution in [2.24, 2.45) is 5.92 Å². The van der Waals surface area contributed by atoms with Crippen LogP contribution in [0.1, 0.15) is 40.0 Å². The Morgan fingerprint density at radius 1 is 1.30 bits per heavy atom. The monoisotopic (exact) mass is 284 g/mol. The third kappa shape index (κ3) is 6.01. The number of ether oxygens (including phenoxy) is 1. The summed E-state index contributed by atoms with van der Waals surface area (Å²) in [5, 5.41) is 2.80. The number of Topliss-reactive ketones (excluding diaryl/α,β-unsaturated/α-hetero) is 1. The second-order valence-electron chi connectivity index (χ2n) is 5.59. The average molecular weight is 284 g/mol. The zero-order chi connectivity index (χ0) is 15.0. The smallest absolute Gasteiger partial charge is 0.217 e. The van der Waals surface area contributed by atoms with Crippen LogP contribution in [0.4, 0.5) is 0 Å². The second kappa shape index (κ2) is 9.08. The number of carbonyl (C=O) groups is 2. The van der Waals surface area contributed by atoms with Gasteiger partial charge in [0.1, 0.15) is 0 Å². The van der Waals surface area contributed by atoms with Crippen molar-refractivity contribution < 1.29 is 14.3 Å².